The molecule has 1 unspecified atom stereocenters. The van der Waals surface area contributed by atoms with Gasteiger partial charge in [0.2, 0.25) is 0 Å². The summed E-state index contributed by atoms with van der Waals surface area (Å²) in [5.41, 5.74) is 0. The maximum atomic E-state index is 10.3. The SMILES string of the molecule is CC(C)(C)[Si](C)(C)O[Si](C)(CCCOCC(O)CCCCOCCOCCO)O[Si](C)(C)C(C)(C)C. The molecule has 10 heteroatoms. The third-order valence-electron chi connectivity index (χ3n) is 7.47. The highest BCUT2D eigenvalue weighted by molar-refractivity contribution is 6.89. The zero-order chi connectivity index (χ0) is 28.1. The first-order chi connectivity index (χ1) is 16.4. The van der Waals surface area contributed by atoms with Crippen molar-refractivity contribution in [3.8, 4) is 0 Å². The Morgan fingerprint density at radius 1 is 0.639 bits per heavy atom. The summed E-state index contributed by atoms with van der Waals surface area (Å²) in [5, 5.41) is 19.2. The number of ether oxygens (including phenoxy) is 3. The van der Waals surface area contributed by atoms with Crippen molar-refractivity contribution in [3.05, 3.63) is 0 Å². The van der Waals surface area contributed by atoms with Gasteiger partial charge < -0.3 is 32.7 Å². The molecule has 0 spiro atoms. The van der Waals surface area contributed by atoms with Crippen LogP contribution in [0.25, 0.3) is 0 Å². The molecule has 0 radical (unpaired) electrons. The van der Waals surface area contributed by atoms with E-state index in [1.807, 2.05) is 0 Å². The molecule has 7 nitrogen and oxygen atoms in total. The van der Waals surface area contributed by atoms with Crippen LogP contribution in [-0.4, -0.2) is 87.8 Å². The Morgan fingerprint density at radius 3 is 1.58 bits per heavy atom. The van der Waals surface area contributed by atoms with Gasteiger partial charge in [-0.2, -0.15) is 0 Å². The van der Waals surface area contributed by atoms with E-state index in [4.69, 9.17) is 27.5 Å². The average molecular weight is 569 g/mol. The maximum Gasteiger partial charge on any atom is 0.314 e. The Kier molecular flexibility index (Phi) is 16.6. The predicted octanol–water partition coefficient (Wildman–Crippen LogP) is 6.07. The summed E-state index contributed by atoms with van der Waals surface area (Å²) < 4.78 is 30.5. The third-order valence-corrected chi connectivity index (χ3v) is 23.5. The summed E-state index contributed by atoms with van der Waals surface area (Å²) in [5.74, 6) is 0. The lowest BCUT2D eigenvalue weighted by Crippen LogP contribution is -2.58. The number of rotatable bonds is 20. The molecular formula is C26H60O7Si3. The minimum atomic E-state index is -2.42. The van der Waals surface area contributed by atoms with E-state index in [0.717, 1.165) is 25.3 Å². The van der Waals surface area contributed by atoms with Crippen molar-refractivity contribution < 1.29 is 32.7 Å². The monoisotopic (exact) mass is 568 g/mol. The normalized spacial score (nSPS) is 14.9. The van der Waals surface area contributed by atoms with Gasteiger partial charge >= 0.3 is 8.56 Å². The van der Waals surface area contributed by atoms with Crippen LogP contribution < -0.4 is 0 Å². The van der Waals surface area contributed by atoms with E-state index in [9.17, 15) is 5.11 Å². The second kappa shape index (κ2) is 16.5. The van der Waals surface area contributed by atoms with Gasteiger partial charge in [0.05, 0.1) is 39.1 Å². The van der Waals surface area contributed by atoms with Gasteiger partial charge in [-0.15, -0.1) is 0 Å². The Morgan fingerprint density at radius 2 is 1.11 bits per heavy atom. The summed E-state index contributed by atoms with van der Waals surface area (Å²) in [7, 11) is -6.35. The molecule has 0 fully saturated rings. The number of aliphatic hydroxyl groups is 2. The predicted molar refractivity (Wildman–Crippen MR) is 157 cm³/mol. The van der Waals surface area contributed by atoms with Crippen molar-refractivity contribution in [1.29, 1.82) is 0 Å². The summed E-state index contributed by atoms with van der Waals surface area (Å²) in [4.78, 5) is 0. The summed E-state index contributed by atoms with van der Waals surface area (Å²) in [6.45, 7) is 28.3. The van der Waals surface area contributed by atoms with Crippen molar-refractivity contribution in [2.75, 3.05) is 46.2 Å². The van der Waals surface area contributed by atoms with Gasteiger partial charge in [0, 0.05) is 13.2 Å². The topological polar surface area (TPSA) is 86.6 Å². The molecule has 0 heterocycles. The number of hydrogen-bond donors (Lipinski definition) is 2. The van der Waals surface area contributed by atoms with Gasteiger partial charge in [-0.3, -0.25) is 0 Å². The maximum absolute atomic E-state index is 10.3. The summed E-state index contributed by atoms with van der Waals surface area (Å²) in [6.07, 6.45) is 2.93. The molecular weight excluding hydrogens is 509 g/mol. The van der Waals surface area contributed by atoms with E-state index >= 15 is 0 Å². The first-order valence-corrected chi connectivity index (χ1v) is 22.1. The van der Waals surface area contributed by atoms with Crippen LogP contribution in [-0.2, 0) is 22.4 Å². The molecule has 0 saturated carbocycles. The van der Waals surface area contributed by atoms with Crippen LogP contribution in [0.2, 0.25) is 48.9 Å². The van der Waals surface area contributed by atoms with Gasteiger partial charge in [0.25, 0.3) is 0 Å². The van der Waals surface area contributed by atoms with E-state index in [1.165, 1.54) is 0 Å². The van der Waals surface area contributed by atoms with E-state index in [1.54, 1.807) is 0 Å². The lowest BCUT2D eigenvalue weighted by atomic mass is 10.2. The molecule has 36 heavy (non-hydrogen) atoms. The molecule has 0 aromatic heterocycles. The first kappa shape index (κ1) is 36.4. The van der Waals surface area contributed by atoms with E-state index in [2.05, 4.69) is 74.3 Å². The fraction of sp³-hybridized carbons (Fsp3) is 1.00. The molecule has 0 aliphatic rings. The second-order valence-corrected chi connectivity index (χ2v) is 26.6. The highest BCUT2D eigenvalue weighted by Gasteiger charge is 2.49. The van der Waals surface area contributed by atoms with Crippen LogP contribution in [0.4, 0.5) is 0 Å². The van der Waals surface area contributed by atoms with Gasteiger partial charge in [-0.05, 0) is 74.5 Å². The molecule has 2 N–H and O–H groups in total. The smallest absolute Gasteiger partial charge is 0.314 e. The Bertz CT molecular complexity index is 547. The number of aliphatic hydroxyl groups excluding tert-OH is 2. The molecule has 218 valence electrons. The van der Waals surface area contributed by atoms with Crippen LogP contribution in [0, 0.1) is 0 Å². The lowest BCUT2D eigenvalue weighted by molar-refractivity contribution is 0.0232. The lowest BCUT2D eigenvalue weighted by Gasteiger charge is -2.48. The van der Waals surface area contributed by atoms with Crippen LogP contribution >= 0.6 is 0 Å². The van der Waals surface area contributed by atoms with Gasteiger partial charge in [0.1, 0.15) is 0 Å². The van der Waals surface area contributed by atoms with Crippen molar-refractivity contribution in [1.82, 2.24) is 0 Å². The molecule has 1 atom stereocenters. The fourth-order valence-corrected chi connectivity index (χ4v) is 16.5. The molecule has 0 aliphatic carbocycles. The minimum Gasteiger partial charge on any atom is -0.436 e. The highest BCUT2D eigenvalue weighted by atomic mass is 28.5. The quantitative estimate of drug-likeness (QED) is 0.136. The zero-order valence-corrected chi connectivity index (χ0v) is 28.5. The molecule has 0 rings (SSSR count). The van der Waals surface area contributed by atoms with Crippen LogP contribution in [0.3, 0.4) is 0 Å². The molecule has 0 saturated heterocycles. The minimum absolute atomic E-state index is 0.0383. The molecule has 0 aromatic carbocycles. The summed E-state index contributed by atoms with van der Waals surface area (Å²) in [6, 6.07) is 0.904. The van der Waals surface area contributed by atoms with Crippen molar-refractivity contribution >= 4 is 25.2 Å². The van der Waals surface area contributed by atoms with E-state index in [-0.39, 0.29) is 16.7 Å². The molecule has 0 aromatic rings. The van der Waals surface area contributed by atoms with Crippen molar-refractivity contribution in [2.24, 2.45) is 0 Å². The molecule has 0 bridgehead atoms. The Hall–Kier alpha value is 0.371. The number of hydrogen-bond acceptors (Lipinski definition) is 7. The molecule has 0 aliphatic heterocycles. The first-order valence-electron chi connectivity index (χ1n) is 13.8. The van der Waals surface area contributed by atoms with Crippen molar-refractivity contribution in [3.63, 3.8) is 0 Å². The van der Waals surface area contributed by atoms with E-state index in [0.29, 0.717) is 46.1 Å². The van der Waals surface area contributed by atoms with Gasteiger partial charge in [0.15, 0.2) is 16.6 Å². The molecule has 0 amide bonds. The standard InChI is InChI=1S/C26H60O7Si3/c1-25(2,3)34(7,8)32-36(11,33-35(9,10)26(4,5)6)22-14-18-31-23-24(28)15-12-13-17-29-20-21-30-19-16-27/h24,27-28H,12-23H2,1-11H3. The van der Waals surface area contributed by atoms with Crippen LogP contribution in [0.5, 0.6) is 0 Å². The second-order valence-electron chi connectivity index (χ2n) is 13.1. The van der Waals surface area contributed by atoms with E-state index < -0.39 is 31.3 Å². The van der Waals surface area contributed by atoms with Gasteiger partial charge in [-0.1, -0.05) is 41.5 Å². The van der Waals surface area contributed by atoms with Crippen LogP contribution in [0.15, 0.2) is 0 Å². The highest BCUT2D eigenvalue weighted by Crippen LogP contribution is 2.43. The van der Waals surface area contributed by atoms with Crippen molar-refractivity contribution in [2.45, 2.75) is 122 Å². The largest absolute Gasteiger partial charge is 0.436 e. The summed E-state index contributed by atoms with van der Waals surface area (Å²) >= 11 is 0. The third kappa shape index (κ3) is 15.1. The number of unbranched alkanes of at least 4 members (excludes halogenated alkanes) is 1. The van der Waals surface area contributed by atoms with Gasteiger partial charge in [-0.25, -0.2) is 0 Å². The Balaban J connectivity index is 4.52. The average Bonchev–Trinajstić information content (AvgIpc) is 2.69. The van der Waals surface area contributed by atoms with Crippen LogP contribution in [0.1, 0.15) is 67.2 Å². The Labute approximate surface area is 226 Å². The zero-order valence-electron chi connectivity index (χ0n) is 25.5. The fourth-order valence-electron chi connectivity index (χ4n) is 3.28.